The molecule has 0 fully saturated rings. The molecule has 5 heteroatoms. The topological polar surface area (TPSA) is 35.6 Å². The first-order chi connectivity index (χ1) is 6.29. The number of hydrogen-bond donors (Lipinski definition) is 0. The summed E-state index contributed by atoms with van der Waals surface area (Å²) in [6.07, 6.45) is 7.51. The molecule has 0 bridgehead atoms. The van der Waals surface area contributed by atoms with Crippen molar-refractivity contribution in [3.05, 3.63) is 30.6 Å². The van der Waals surface area contributed by atoms with Gasteiger partial charge in [-0.05, 0) is 0 Å². The van der Waals surface area contributed by atoms with Gasteiger partial charge >= 0.3 is 0 Å². The molecule has 68 valence electrons. The lowest BCUT2D eigenvalue weighted by Gasteiger charge is -1.93. The first-order valence-corrected chi connectivity index (χ1v) is 4.99. The number of aryl methyl sites for hydroxylation is 1. The minimum atomic E-state index is 0.778. The third kappa shape index (κ3) is 1.65. The number of halogens is 1. The van der Waals surface area contributed by atoms with Crippen LogP contribution in [0.3, 0.4) is 0 Å². The van der Waals surface area contributed by atoms with Crippen LogP contribution in [0.2, 0.25) is 0 Å². The summed E-state index contributed by atoms with van der Waals surface area (Å²) in [5, 5.41) is 4.86. The summed E-state index contributed by atoms with van der Waals surface area (Å²) < 4.78 is 3.72. The lowest BCUT2D eigenvalue weighted by molar-refractivity contribution is 0.767. The standard InChI is InChI=1S/C8H9BrN4/c1-12-5-8(3-11-12)13-4-7(2-9)10-6-13/h3-6H,2H2,1H3. The van der Waals surface area contributed by atoms with Crippen molar-refractivity contribution in [2.24, 2.45) is 7.05 Å². The van der Waals surface area contributed by atoms with Crippen molar-refractivity contribution in [2.45, 2.75) is 5.33 Å². The smallest absolute Gasteiger partial charge is 0.0996 e. The monoisotopic (exact) mass is 240 g/mol. The van der Waals surface area contributed by atoms with Gasteiger partial charge in [-0.1, -0.05) is 15.9 Å². The molecule has 0 unspecified atom stereocenters. The lowest BCUT2D eigenvalue weighted by Crippen LogP contribution is -1.87. The quantitative estimate of drug-likeness (QED) is 0.747. The largest absolute Gasteiger partial charge is 0.303 e. The highest BCUT2D eigenvalue weighted by Crippen LogP contribution is 2.08. The number of hydrogen-bond acceptors (Lipinski definition) is 2. The third-order valence-electron chi connectivity index (χ3n) is 1.76. The Morgan fingerprint density at radius 2 is 2.31 bits per heavy atom. The Kier molecular flexibility index (Phi) is 2.18. The molecule has 0 saturated heterocycles. The van der Waals surface area contributed by atoms with Crippen molar-refractivity contribution < 1.29 is 0 Å². The Bertz CT molecular complexity index is 404. The predicted octanol–water partition coefficient (Wildman–Crippen LogP) is 1.50. The third-order valence-corrected chi connectivity index (χ3v) is 2.34. The average molecular weight is 241 g/mol. The molecule has 0 aliphatic carbocycles. The van der Waals surface area contributed by atoms with Gasteiger partial charge in [0.05, 0.1) is 23.9 Å². The van der Waals surface area contributed by atoms with E-state index in [1.54, 1.807) is 17.2 Å². The van der Waals surface area contributed by atoms with Gasteiger partial charge in [-0.3, -0.25) is 4.68 Å². The van der Waals surface area contributed by atoms with Crippen molar-refractivity contribution in [2.75, 3.05) is 0 Å². The molecule has 0 amide bonds. The molecule has 0 aliphatic rings. The van der Waals surface area contributed by atoms with Crippen LogP contribution < -0.4 is 0 Å². The predicted molar refractivity (Wildman–Crippen MR) is 53.0 cm³/mol. The number of rotatable bonds is 2. The molecule has 0 radical (unpaired) electrons. The average Bonchev–Trinajstić information content (AvgIpc) is 2.71. The zero-order valence-corrected chi connectivity index (χ0v) is 8.77. The summed E-state index contributed by atoms with van der Waals surface area (Å²) in [5.41, 5.74) is 2.05. The van der Waals surface area contributed by atoms with Gasteiger partial charge in [-0.15, -0.1) is 0 Å². The molecule has 0 aromatic carbocycles. The maximum atomic E-state index is 4.20. The van der Waals surface area contributed by atoms with Crippen LogP contribution in [0.25, 0.3) is 5.69 Å². The maximum absolute atomic E-state index is 4.20. The Labute approximate surface area is 84.3 Å². The Morgan fingerprint density at radius 1 is 1.46 bits per heavy atom. The first kappa shape index (κ1) is 8.50. The maximum Gasteiger partial charge on any atom is 0.0996 e. The second-order valence-corrected chi connectivity index (χ2v) is 3.34. The van der Waals surface area contributed by atoms with Crippen LogP contribution in [0.1, 0.15) is 5.69 Å². The van der Waals surface area contributed by atoms with Crippen LogP contribution in [0.5, 0.6) is 0 Å². The van der Waals surface area contributed by atoms with Gasteiger partial charge in [-0.25, -0.2) is 4.98 Å². The summed E-state index contributed by atoms with van der Waals surface area (Å²) in [6, 6.07) is 0. The highest BCUT2D eigenvalue weighted by atomic mass is 79.9. The molecule has 0 N–H and O–H groups in total. The van der Waals surface area contributed by atoms with Crippen molar-refractivity contribution in [3.8, 4) is 5.69 Å². The molecule has 2 aromatic heterocycles. The van der Waals surface area contributed by atoms with Crippen molar-refractivity contribution in [1.29, 1.82) is 0 Å². The van der Waals surface area contributed by atoms with Crippen LogP contribution in [-0.2, 0) is 12.4 Å². The van der Waals surface area contributed by atoms with E-state index in [0.717, 1.165) is 16.7 Å². The van der Waals surface area contributed by atoms with Crippen LogP contribution >= 0.6 is 15.9 Å². The number of alkyl halides is 1. The van der Waals surface area contributed by atoms with Gasteiger partial charge in [0.15, 0.2) is 0 Å². The second kappa shape index (κ2) is 3.33. The molecule has 13 heavy (non-hydrogen) atoms. The molecule has 0 atom stereocenters. The summed E-state index contributed by atoms with van der Waals surface area (Å²) in [5.74, 6) is 0. The summed E-state index contributed by atoms with van der Waals surface area (Å²) in [7, 11) is 1.89. The zero-order valence-electron chi connectivity index (χ0n) is 7.18. The molecule has 2 heterocycles. The molecule has 2 aromatic rings. The molecule has 0 spiro atoms. The number of nitrogens with zero attached hydrogens (tertiary/aromatic N) is 4. The summed E-state index contributed by atoms with van der Waals surface area (Å²) >= 11 is 3.35. The van der Waals surface area contributed by atoms with Gasteiger partial charge in [0, 0.05) is 24.8 Å². The van der Waals surface area contributed by atoms with E-state index in [9.17, 15) is 0 Å². The van der Waals surface area contributed by atoms with Crippen LogP contribution in [0.15, 0.2) is 24.9 Å². The number of imidazole rings is 1. The van der Waals surface area contributed by atoms with Crippen LogP contribution in [-0.4, -0.2) is 19.3 Å². The zero-order chi connectivity index (χ0) is 9.26. The van der Waals surface area contributed by atoms with Gasteiger partial charge in [0.2, 0.25) is 0 Å². The van der Waals surface area contributed by atoms with Crippen molar-refractivity contribution in [3.63, 3.8) is 0 Å². The van der Waals surface area contributed by atoms with E-state index in [-0.39, 0.29) is 0 Å². The van der Waals surface area contributed by atoms with E-state index in [2.05, 4.69) is 26.0 Å². The van der Waals surface area contributed by atoms with Gasteiger partial charge in [0.1, 0.15) is 0 Å². The minimum absolute atomic E-state index is 0.778. The normalized spacial score (nSPS) is 10.6. The Balaban J connectivity index is 2.35. The Hall–Kier alpha value is -1.10. The molecular formula is C8H9BrN4. The van der Waals surface area contributed by atoms with E-state index in [0.29, 0.717) is 0 Å². The van der Waals surface area contributed by atoms with Crippen molar-refractivity contribution in [1.82, 2.24) is 19.3 Å². The van der Waals surface area contributed by atoms with E-state index in [1.807, 2.05) is 24.0 Å². The lowest BCUT2D eigenvalue weighted by atomic mass is 10.5. The fourth-order valence-corrected chi connectivity index (χ4v) is 1.40. The van der Waals surface area contributed by atoms with E-state index in [4.69, 9.17) is 0 Å². The highest BCUT2D eigenvalue weighted by Gasteiger charge is 2.00. The fraction of sp³-hybridized carbons (Fsp3) is 0.250. The van der Waals surface area contributed by atoms with E-state index < -0.39 is 0 Å². The first-order valence-electron chi connectivity index (χ1n) is 3.87. The van der Waals surface area contributed by atoms with Gasteiger partial charge in [-0.2, -0.15) is 5.10 Å². The molecular weight excluding hydrogens is 232 g/mol. The minimum Gasteiger partial charge on any atom is -0.303 e. The molecule has 0 saturated carbocycles. The SMILES string of the molecule is Cn1cc(-n2cnc(CBr)c2)cn1. The van der Waals surface area contributed by atoms with E-state index >= 15 is 0 Å². The fourth-order valence-electron chi connectivity index (χ4n) is 1.12. The molecule has 2 rings (SSSR count). The second-order valence-electron chi connectivity index (χ2n) is 2.78. The van der Waals surface area contributed by atoms with Crippen molar-refractivity contribution >= 4 is 15.9 Å². The highest BCUT2D eigenvalue weighted by molar-refractivity contribution is 9.08. The number of aromatic nitrogens is 4. The summed E-state index contributed by atoms with van der Waals surface area (Å²) in [4.78, 5) is 4.20. The molecule has 4 nitrogen and oxygen atoms in total. The van der Waals surface area contributed by atoms with Crippen LogP contribution in [0, 0.1) is 0 Å². The van der Waals surface area contributed by atoms with Gasteiger partial charge in [0.25, 0.3) is 0 Å². The van der Waals surface area contributed by atoms with Gasteiger partial charge < -0.3 is 4.57 Å². The van der Waals surface area contributed by atoms with E-state index in [1.165, 1.54) is 0 Å². The Morgan fingerprint density at radius 3 is 2.85 bits per heavy atom. The molecule has 0 aliphatic heterocycles. The summed E-state index contributed by atoms with van der Waals surface area (Å²) in [6.45, 7) is 0. The van der Waals surface area contributed by atoms with Crippen LogP contribution in [0.4, 0.5) is 0 Å².